The minimum absolute atomic E-state index is 0.196. The molecule has 1 aliphatic heterocycles. The average molecular weight is 321 g/mol. The van der Waals surface area contributed by atoms with Gasteiger partial charge in [0.1, 0.15) is 18.5 Å². The van der Waals surface area contributed by atoms with Crippen molar-refractivity contribution in [1.29, 1.82) is 0 Å². The maximum absolute atomic E-state index is 10.8. The van der Waals surface area contributed by atoms with Gasteiger partial charge in [0.05, 0.1) is 18.3 Å². The lowest BCUT2D eigenvalue weighted by atomic mass is 10.1. The van der Waals surface area contributed by atoms with E-state index >= 15 is 0 Å². The van der Waals surface area contributed by atoms with Crippen molar-refractivity contribution in [2.24, 2.45) is 0 Å². The zero-order valence-electron chi connectivity index (χ0n) is 13.1. The van der Waals surface area contributed by atoms with Crippen LogP contribution in [0.2, 0.25) is 0 Å². The quantitative estimate of drug-likeness (QED) is 0.824. The molecule has 1 aromatic carbocycles. The summed E-state index contributed by atoms with van der Waals surface area (Å²) >= 11 is 0. The molecule has 0 radical (unpaired) electrons. The van der Waals surface area contributed by atoms with E-state index in [9.17, 15) is 9.90 Å². The lowest BCUT2D eigenvalue weighted by Gasteiger charge is -2.38. The van der Waals surface area contributed by atoms with Gasteiger partial charge in [0, 0.05) is 19.1 Å². The number of benzene rings is 1. The molecule has 126 valence electrons. The van der Waals surface area contributed by atoms with Crippen molar-refractivity contribution in [3.63, 3.8) is 0 Å². The molecule has 1 heterocycles. The first kappa shape index (κ1) is 16.2. The molecule has 2 aliphatic rings. The first-order valence-electron chi connectivity index (χ1n) is 8.13. The van der Waals surface area contributed by atoms with Gasteiger partial charge in [0.2, 0.25) is 0 Å². The maximum atomic E-state index is 10.8. The Morgan fingerprint density at radius 3 is 2.87 bits per heavy atom. The Bertz CT molecular complexity index is 532. The molecule has 1 saturated carbocycles. The smallest absolute Gasteiger partial charge is 0.335 e. The summed E-state index contributed by atoms with van der Waals surface area (Å²) in [4.78, 5) is 13.1. The van der Waals surface area contributed by atoms with Gasteiger partial charge >= 0.3 is 5.97 Å². The van der Waals surface area contributed by atoms with E-state index in [2.05, 4.69) is 4.90 Å². The normalized spacial score (nSPS) is 25.8. The molecule has 2 N–H and O–H groups in total. The van der Waals surface area contributed by atoms with Crippen molar-refractivity contribution < 1.29 is 24.5 Å². The van der Waals surface area contributed by atoms with Crippen LogP contribution in [0.15, 0.2) is 24.3 Å². The fourth-order valence-corrected chi connectivity index (χ4v) is 3.44. The van der Waals surface area contributed by atoms with Crippen molar-refractivity contribution in [3.8, 4) is 5.75 Å². The van der Waals surface area contributed by atoms with E-state index in [1.54, 1.807) is 12.1 Å². The Morgan fingerprint density at radius 2 is 2.13 bits per heavy atom. The second-order valence-electron chi connectivity index (χ2n) is 6.20. The number of aromatic carboxylic acids is 1. The van der Waals surface area contributed by atoms with Crippen LogP contribution in [0.4, 0.5) is 0 Å². The number of ether oxygens (including phenoxy) is 2. The third-order valence-electron chi connectivity index (χ3n) is 4.59. The molecule has 3 rings (SSSR count). The third-order valence-corrected chi connectivity index (χ3v) is 4.59. The molecular formula is C17H23NO5. The van der Waals surface area contributed by atoms with Gasteiger partial charge in [-0.05, 0) is 43.5 Å². The van der Waals surface area contributed by atoms with Crippen LogP contribution in [0.1, 0.15) is 29.6 Å². The van der Waals surface area contributed by atoms with E-state index in [4.69, 9.17) is 14.6 Å². The minimum Gasteiger partial charge on any atom is -0.491 e. The van der Waals surface area contributed by atoms with Gasteiger partial charge in [0.15, 0.2) is 0 Å². The van der Waals surface area contributed by atoms with Crippen molar-refractivity contribution in [2.45, 2.75) is 37.5 Å². The van der Waals surface area contributed by atoms with Gasteiger partial charge < -0.3 is 19.7 Å². The van der Waals surface area contributed by atoms with E-state index in [0.29, 0.717) is 24.4 Å². The first-order valence-corrected chi connectivity index (χ1v) is 8.13. The van der Waals surface area contributed by atoms with Crippen molar-refractivity contribution in [3.05, 3.63) is 29.8 Å². The summed E-state index contributed by atoms with van der Waals surface area (Å²) in [6, 6.07) is 6.63. The van der Waals surface area contributed by atoms with E-state index in [1.807, 2.05) is 0 Å². The summed E-state index contributed by atoms with van der Waals surface area (Å²) < 4.78 is 11.3. The van der Waals surface area contributed by atoms with Gasteiger partial charge in [-0.3, -0.25) is 4.90 Å². The minimum atomic E-state index is -0.963. The number of carbonyl (C=O) groups is 1. The van der Waals surface area contributed by atoms with Crippen LogP contribution in [-0.2, 0) is 4.74 Å². The molecule has 1 saturated heterocycles. The fraction of sp³-hybridized carbons (Fsp3) is 0.588. The van der Waals surface area contributed by atoms with Crippen molar-refractivity contribution >= 4 is 5.97 Å². The fourth-order valence-electron chi connectivity index (χ4n) is 3.44. The summed E-state index contributed by atoms with van der Waals surface area (Å²) in [5, 5.41) is 19.1. The third kappa shape index (κ3) is 4.02. The molecule has 1 aromatic rings. The van der Waals surface area contributed by atoms with Crippen LogP contribution in [0.5, 0.6) is 5.75 Å². The van der Waals surface area contributed by atoms with Gasteiger partial charge in [-0.2, -0.15) is 0 Å². The van der Waals surface area contributed by atoms with Crippen LogP contribution in [-0.4, -0.2) is 65.6 Å². The monoisotopic (exact) mass is 321 g/mol. The average Bonchev–Trinajstić information content (AvgIpc) is 3.03. The van der Waals surface area contributed by atoms with Crippen LogP contribution >= 0.6 is 0 Å². The van der Waals surface area contributed by atoms with Gasteiger partial charge in [0.25, 0.3) is 0 Å². The van der Waals surface area contributed by atoms with Crippen LogP contribution in [0, 0.1) is 0 Å². The Kier molecular flexibility index (Phi) is 5.15. The lowest BCUT2D eigenvalue weighted by molar-refractivity contribution is -0.0703. The Balaban J connectivity index is 1.47. The molecular weight excluding hydrogens is 298 g/mol. The highest BCUT2D eigenvalue weighted by molar-refractivity contribution is 5.87. The lowest BCUT2D eigenvalue weighted by Crippen LogP contribution is -2.51. The zero-order valence-corrected chi connectivity index (χ0v) is 13.1. The Hall–Kier alpha value is -1.63. The molecule has 0 bridgehead atoms. The summed E-state index contributed by atoms with van der Waals surface area (Å²) in [6.45, 7) is 2.36. The number of carboxylic acid groups (broad SMARTS) is 1. The van der Waals surface area contributed by atoms with Gasteiger partial charge in [-0.15, -0.1) is 0 Å². The highest BCUT2D eigenvalue weighted by Gasteiger charge is 2.36. The maximum Gasteiger partial charge on any atom is 0.335 e. The Labute approximate surface area is 135 Å². The molecule has 1 unspecified atom stereocenters. The number of aliphatic hydroxyl groups is 1. The number of hydrogen-bond acceptors (Lipinski definition) is 5. The molecule has 3 atom stereocenters. The number of morpholine rings is 1. The molecule has 2 fully saturated rings. The molecule has 0 amide bonds. The number of fused-ring (bicyclic) bond motifs is 1. The topological polar surface area (TPSA) is 79.2 Å². The molecule has 0 spiro atoms. The molecule has 6 heteroatoms. The molecule has 1 aliphatic carbocycles. The Morgan fingerprint density at radius 1 is 1.35 bits per heavy atom. The van der Waals surface area contributed by atoms with Gasteiger partial charge in [-0.25, -0.2) is 4.79 Å². The second-order valence-corrected chi connectivity index (χ2v) is 6.20. The van der Waals surface area contributed by atoms with Crippen molar-refractivity contribution in [1.82, 2.24) is 4.90 Å². The number of nitrogens with zero attached hydrogens (tertiary/aromatic N) is 1. The van der Waals surface area contributed by atoms with Gasteiger partial charge in [-0.1, -0.05) is 0 Å². The largest absolute Gasteiger partial charge is 0.491 e. The predicted octanol–water partition coefficient (Wildman–Crippen LogP) is 1.38. The highest BCUT2D eigenvalue weighted by atomic mass is 16.5. The number of rotatable bonds is 6. The first-order chi connectivity index (χ1) is 11.1. The molecule has 0 aromatic heterocycles. The molecule has 23 heavy (non-hydrogen) atoms. The summed E-state index contributed by atoms with van der Waals surface area (Å²) in [7, 11) is 0. The highest BCUT2D eigenvalue weighted by Crippen LogP contribution is 2.29. The number of aliphatic hydroxyl groups excluding tert-OH is 1. The standard InChI is InChI=1S/C17H23NO5/c19-13(10-18-8-9-22-16-3-1-2-15(16)18)11-23-14-6-4-12(5-7-14)17(20)21/h4-7,13,15-16,19H,1-3,8-11H2,(H,20,21)/t13?,15-,16+/m0/s1. The van der Waals surface area contributed by atoms with E-state index < -0.39 is 12.1 Å². The number of carboxylic acids is 1. The second kappa shape index (κ2) is 7.29. The van der Waals surface area contributed by atoms with E-state index in [1.165, 1.54) is 18.6 Å². The van der Waals surface area contributed by atoms with E-state index in [0.717, 1.165) is 26.0 Å². The summed E-state index contributed by atoms with van der Waals surface area (Å²) in [5.41, 5.74) is 0.221. The summed E-state index contributed by atoms with van der Waals surface area (Å²) in [5.74, 6) is -0.398. The molecule has 6 nitrogen and oxygen atoms in total. The number of β-amino-alcohol motifs (C(OH)–C–C–N with tert-alkyl or cyclic N) is 1. The zero-order chi connectivity index (χ0) is 16.2. The predicted molar refractivity (Wildman–Crippen MR) is 83.9 cm³/mol. The number of hydrogen-bond donors (Lipinski definition) is 2. The SMILES string of the molecule is O=C(O)c1ccc(OCC(O)CN2CCO[C@@H]3CCC[C@@H]32)cc1. The van der Waals surface area contributed by atoms with Crippen LogP contribution in [0.3, 0.4) is 0 Å². The van der Waals surface area contributed by atoms with Crippen LogP contribution in [0.25, 0.3) is 0 Å². The van der Waals surface area contributed by atoms with E-state index in [-0.39, 0.29) is 12.2 Å². The summed E-state index contributed by atoms with van der Waals surface area (Å²) in [6.07, 6.45) is 3.18. The van der Waals surface area contributed by atoms with Crippen LogP contribution < -0.4 is 4.74 Å². The van der Waals surface area contributed by atoms with Crippen molar-refractivity contribution in [2.75, 3.05) is 26.3 Å².